The summed E-state index contributed by atoms with van der Waals surface area (Å²) in [7, 11) is 0. The highest BCUT2D eigenvalue weighted by molar-refractivity contribution is 5.22. The third kappa shape index (κ3) is 3.42. The minimum atomic E-state index is -4.21. The minimum absolute atomic E-state index is 0.0481. The van der Waals surface area contributed by atoms with Gasteiger partial charge < -0.3 is 0 Å². The Labute approximate surface area is 87.4 Å². The van der Waals surface area contributed by atoms with Gasteiger partial charge in [-0.25, -0.2) is 0 Å². The Hall–Kier alpha value is -1.25. The van der Waals surface area contributed by atoms with Gasteiger partial charge in [0.1, 0.15) is 0 Å². The van der Waals surface area contributed by atoms with E-state index in [9.17, 15) is 13.2 Å². The van der Waals surface area contributed by atoms with Crippen molar-refractivity contribution in [2.75, 3.05) is 0 Å². The number of allylic oxidation sites excluding steroid dienone is 1. The molecule has 1 aromatic rings. The molecule has 0 amide bonds. The maximum atomic E-state index is 12.7. The number of halogens is 3. The van der Waals surface area contributed by atoms with Gasteiger partial charge in [-0.05, 0) is 18.9 Å². The van der Waals surface area contributed by atoms with E-state index in [-0.39, 0.29) is 6.42 Å². The lowest BCUT2D eigenvalue weighted by Gasteiger charge is -2.20. The zero-order chi connectivity index (χ0) is 11.5. The molecule has 0 fully saturated rings. The lowest BCUT2D eigenvalue weighted by Crippen LogP contribution is -2.21. The molecule has 0 saturated heterocycles. The highest BCUT2D eigenvalue weighted by Gasteiger charge is 2.40. The molecule has 0 spiro atoms. The van der Waals surface area contributed by atoms with E-state index in [4.69, 9.17) is 0 Å². The zero-order valence-corrected chi connectivity index (χ0v) is 8.51. The van der Waals surface area contributed by atoms with E-state index in [1.807, 2.05) is 0 Å². The van der Waals surface area contributed by atoms with E-state index in [0.717, 1.165) is 0 Å². The SMILES string of the molecule is C=C(C)CC(c1ccccc1)C(F)(F)F. The van der Waals surface area contributed by atoms with Gasteiger partial charge in [-0.3, -0.25) is 0 Å². The Morgan fingerprint density at radius 1 is 1.27 bits per heavy atom. The third-order valence-corrected chi connectivity index (χ3v) is 2.15. The van der Waals surface area contributed by atoms with Crippen LogP contribution in [0.15, 0.2) is 42.5 Å². The monoisotopic (exact) mass is 214 g/mol. The molecule has 1 rings (SSSR count). The van der Waals surface area contributed by atoms with Crippen molar-refractivity contribution in [3.63, 3.8) is 0 Å². The molecule has 1 atom stereocenters. The van der Waals surface area contributed by atoms with Crippen LogP contribution in [-0.2, 0) is 0 Å². The molecule has 3 heteroatoms. The summed E-state index contributed by atoms with van der Waals surface area (Å²) in [6.45, 7) is 5.15. The summed E-state index contributed by atoms with van der Waals surface area (Å²) in [6.07, 6.45) is -4.26. The second-order valence-corrected chi connectivity index (χ2v) is 3.67. The molecule has 1 unspecified atom stereocenters. The van der Waals surface area contributed by atoms with Crippen LogP contribution in [0.4, 0.5) is 13.2 Å². The van der Waals surface area contributed by atoms with Crippen molar-refractivity contribution in [1.29, 1.82) is 0 Å². The van der Waals surface area contributed by atoms with Crippen LogP contribution in [-0.4, -0.2) is 6.18 Å². The van der Waals surface area contributed by atoms with Gasteiger partial charge in [-0.1, -0.05) is 35.9 Å². The molecule has 82 valence electrons. The molecule has 15 heavy (non-hydrogen) atoms. The average Bonchev–Trinajstić information content (AvgIpc) is 2.14. The van der Waals surface area contributed by atoms with Crippen molar-refractivity contribution in [1.82, 2.24) is 0 Å². The second kappa shape index (κ2) is 4.51. The van der Waals surface area contributed by atoms with Gasteiger partial charge in [0.15, 0.2) is 0 Å². The molecular formula is C12H13F3. The van der Waals surface area contributed by atoms with Crippen LogP contribution in [0.1, 0.15) is 24.8 Å². The van der Waals surface area contributed by atoms with Crippen LogP contribution in [0.3, 0.4) is 0 Å². The van der Waals surface area contributed by atoms with Crippen molar-refractivity contribution in [3.8, 4) is 0 Å². The Morgan fingerprint density at radius 2 is 1.80 bits per heavy atom. The van der Waals surface area contributed by atoms with Crippen molar-refractivity contribution < 1.29 is 13.2 Å². The summed E-state index contributed by atoms with van der Waals surface area (Å²) in [5, 5.41) is 0. The lowest BCUT2D eigenvalue weighted by atomic mass is 9.92. The Balaban J connectivity index is 2.97. The Kier molecular flexibility index (Phi) is 3.56. The van der Waals surface area contributed by atoms with E-state index in [0.29, 0.717) is 11.1 Å². The fraction of sp³-hybridized carbons (Fsp3) is 0.333. The summed E-state index contributed by atoms with van der Waals surface area (Å²) < 4.78 is 38.2. The molecule has 0 saturated carbocycles. The molecular weight excluding hydrogens is 201 g/mol. The first-order valence-electron chi connectivity index (χ1n) is 4.67. The van der Waals surface area contributed by atoms with Crippen LogP contribution in [0.5, 0.6) is 0 Å². The Bertz CT molecular complexity index is 324. The molecule has 0 heterocycles. The highest BCUT2D eigenvalue weighted by Crippen LogP contribution is 2.38. The van der Waals surface area contributed by atoms with Gasteiger partial charge in [0.2, 0.25) is 0 Å². The van der Waals surface area contributed by atoms with Crippen LogP contribution < -0.4 is 0 Å². The van der Waals surface area contributed by atoms with Crippen LogP contribution in [0.25, 0.3) is 0 Å². The predicted molar refractivity (Wildman–Crippen MR) is 54.7 cm³/mol. The molecule has 0 radical (unpaired) electrons. The van der Waals surface area contributed by atoms with Gasteiger partial charge in [0.05, 0.1) is 5.92 Å². The summed E-state index contributed by atoms with van der Waals surface area (Å²) in [4.78, 5) is 0. The first-order chi connectivity index (χ1) is 6.91. The van der Waals surface area contributed by atoms with E-state index >= 15 is 0 Å². The minimum Gasteiger partial charge on any atom is -0.170 e. The average molecular weight is 214 g/mol. The maximum Gasteiger partial charge on any atom is 0.396 e. The molecule has 1 aromatic carbocycles. The standard InChI is InChI=1S/C12H13F3/c1-9(2)8-11(12(13,14)15)10-6-4-3-5-7-10/h3-7,11H,1,8H2,2H3. The highest BCUT2D eigenvalue weighted by atomic mass is 19.4. The molecule has 0 aliphatic rings. The molecule has 0 aliphatic carbocycles. The fourth-order valence-corrected chi connectivity index (χ4v) is 1.46. The number of rotatable bonds is 3. The maximum absolute atomic E-state index is 12.7. The normalized spacial score (nSPS) is 13.6. The first kappa shape index (κ1) is 11.8. The molecule has 0 nitrogen and oxygen atoms in total. The molecule has 0 bridgehead atoms. The number of benzene rings is 1. The van der Waals surface area contributed by atoms with E-state index in [1.165, 1.54) is 12.1 Å². The zero-order valence-electron chi connectivity index (χ0n) is 8.51. The van der Waals surface area contributed by atoms with Crippen molar-refractivity contribution in [2.45, 2.75) is 25.4 Å². The van der Waals surface area contributed by atoms with Gasteiger partial charge >= 0.3 is 6.18 Å². The summed E-state index contributed by atoms with van der Waals surface area (Å²) in [5.74, 6) is -1.43. The third-order valence-electron chi connectivity index (χ3n) is 2.15. The topological polar surface area (TPSA) is 0 Å². The largest absolute Gasteiger partial charge is 0.396 e. The van der Waals surface area contributed by atoms with Crippen molar-refractivity contribution in [3.05, 3.63) is 48.0 Å². The van der Waals surface area contributed by atoms with Gasteiger partial charge in [0.25, 0.3) is 0 Å². The van der Waals surface area contributed by atoms with Crippen LogP contribution >= 0.6 is 0 Å². The van der Waals surface area contributed by atoms with E-state index < -0.39 is 12.1 Å². The molecule has 0 aromatic heterocycles. The fourth-order valence-electron chi connectivity index (χ4n) is 1.46. The Morgan fingerprint density at radius 3 is 2.20 bits per heavy atom. The predicted octanol–water partition coefficient (Wildman–Crippen LogP) is 4.30. The second-order valence-electron chi connectivity index (χ2n) is 3.67. The van der Waals surface area contributed by atoms with Crippen LogP contribution in [0.2, 0.25) is 0 Å². The van der Waals surface area contributed by atoms with E-state index in [1.54, 1.807) is 25.1 Å². The van der Waals surface area contributed by atoms with Crippen molar-refractivity contribution in [2.24, 2.45) is 0 Å². The lowest BCUT2D eigenvalue weighted by molar-refractivity contribution is -0.150. The quantitative estimate of drug-likeness (QED) is 0.658. The van der Waals surface area contributed by atoms with Gasteiger partial charge in [-0.15, -0.1) is 6.58 Å². The number of hydrogen-bond acceptors (Lipinski definition) is 0. The van der Waals surface area contributed by atoms with Crippen molar-refractivity contribution >= 4 is 0 Å². The summed E-state index contributed by atoms with van der Waals surface area (Å²) in [5.41, 5.74) is 0.842. The first-order valence-corrected chi connectivity index (χ1v) is 4.67. The van der Waals surface area contributed by atoms with Gasteiger partial charge in [0, 0.05) is 0 Å². The number of hydrogen-bond donors (Lipinski definition) is 0. The smallest absolute Gasteiger partial charge is 0.170 e. The van der Waals surface area contributed by atoms with Crippen LogP contribution in [0, 0.1) is 0 Å². The van der Waals surface area contributed by atoms with E-state index in [2.05, 4.69) is 6.58 Å². The molecule has 0 aliphatic heterocycles. The summed E-state index contributed by atoms with van der Waals surface area (Å²) >= 11 is 0. The number of alkyl halides is 3. The van der Waals surface area contributed by atoms with Gasteiger partial charge in [-0.2, -0.15) is 13.2 Å². The summed E-state index contributed by atoms with van der Waals surface area (Å²) in [6, 6.07) is 7.94. The molecule has 0 N–H and O–H groups in total.